The number of carbonyl (C=O) groups is 1. The van der Waals surface area contributed by atoms with Crippen LogP contribution in [-0.2, 0) is 4.79 Å². The van der Waals surface area contributed by atoms with Crippen molar-refractivity contribution in [3.05, 3.63) is 30.5 Å². The van der Waals surface area contributed by atoms with Gasteiger partial charge >= 0.3 is 0 Å². The monoisotopic (exact) mass is 231 g/mol. The Hall–Kier alpha value is -1.81. The van der Waals surface area contributed by atoms with Crippen molar-refractivity contribution in [1.29, 1.82) is 0 Å². The van der Waals surface area contributed by atoms with E-state index in [4.69, 9.17) is 5.73 Å². The molecule has 0 fully saturated rings. The normalized spacial score (nSPS) is 12.6. The first-order valence-corrected chi connectivity index (χ1v) is 5.84. The molecular weight excluding hydrogens is 214 g/mol. The lowest BCUT2D eigenvalue weighted by Crippen LogP contribution is -2.35. The first-order valence-electron chi connectivity index (χ1n) is 5.84. The highest BCUT2D eigenvalue weighted by atomic mass is 16.2. The third-order valence-corrected chi connectivity index (χ3v) is 2.76. The minimum absolute atomic E-state index is 0.123. The number of amides is 1. The maximum Gasteiger partial charge on any atom is 0.241 e. The molecule has 0 unspecified atom stereocenters. The molecule has 90 valence electrons. The van der Waals surface area contributed by atoms with E-state index >= 15 is 0 Å². The minimum Gasteiger partial charge on any atom is -0.361 e. The number of carbonyl (C=O) groups excluding carboxylic acids is 1. The fraction of sp³-hybridized carbons (Fsp3) is 0.308. The number of aromatic nitrogens is 1. The molecule has 1 aromatic heterocycles. The molecule has 4 N–H and O–H groups in total. The Morgan fingerprint density at radius 3 is 3.06 bits per heavy atom. The minimum atomic E-state index is -0.429. The Kier molecular flexibility index (Phi) is 3.44. The highest BCUT2D eigenvalue weighted by Crippen LogP contribution is 2.17. The number of anilines is 1. The number of nitrogens with two attached hydrogens (primary N) is 1. The average Bonchev–Trinajstić information content (AvgIpc) is 2.76. The van der Waals surface area contributed by atoms with Crippen molar-refractivity contribution >= 4 is 22.5 Å². The van der Waals surface area contributed by atoms with E-state index in [2.05, 4.69) is 10.3 Å². The Balaban J connectivity index is 2.09. The number of hydrogen-bond acceptors (Lipinski definition) is 2. The molecule has 1 atom stereocenters. The maximum atomic E-state index is 11.7. The molecule has 0 aliphatic carbocycles. The largest absolute Gasteiger partial charge is 0.361 e. The zero-order chi connectivity index (χ0) is 12.3. The van der Waals surface area contributed by atoms with Crippen LogP contribution in [0.2, 0.25) is 0 Å². The topological polar surface area (TPSA) is 70.9 Å². The highest BCUT2D eigenvalue weighted by molar-refractivity contribution is 5.96. The molecule has 0 bridgehead atoms. The van der Waals surface area contributed by atoms with Gasteiger partial charge in [-0.05, 0) is 30.7 Å². The number of rotatable bonds is 4. The van der Waals surface area contributed by atoms with Crippen molar-refractivity contribution in [1.82, 2.24) is 4.98 Å². The van der Waals surface area contributed by atoms with Gasteiger partial charge in [0.25, 0.3) is 0 Å². The SMILES string of the molecule is CCC[C@@H](N)C(=O)Nc1ccc2[nH]ccc2c1. The molecular formula is C13H17N3O. The zero-order valence-electron chi connectivity index (χ0n) is 9.86. The van der Waals surface area contributed by atoms with Crippen molar-refractivity contribution < 1.29 is 4.79 Å². The standard InChI is InChI=1S/C13H17N3O/c1-2-3-11(14)13(17)16-10-4-5-12-9(8-10)6-7-15-12/h4-8,11,15H,2-3,14H2,1H3,(H,16,17)/t11-/m1/s1. The van der Waals surface area contributed by atoms with Gasteiger partial charge in [-0.15, -0.1) is 0 Å². The molecule has 1 amide bonds. The smallest absolute Gasteiger partial charge is 0.241 e. The predicted octanol–water partition coefficient (Wildman–Crippen LogP) is 2.23. The molecule has 1 heterocycles. The summed E-state index contributed by atoms with van der Waals surface area (Å²) in [5.41, 5.74) is 7.59. The molecule has 0 aliphatic heterocycles. The molecule has 0 radical (unpaired) electrons. The van der Waals surface area contributed by atoms with E-state index in [9.17, 15) is 4.79 Å². The van der Waals surface area contributed by atoms with Gasteiger partial charge in [0.05, 0.1) is 6.04 Å². The van der Waals surface area contributed by atoms with Crippen LogP contribution in [0, 0.1) is 0 Å². The summed E-state index contributed by atoms with van der Waals surface area (Å²) in [5, 5.41) is 3.91. The van der Waals surface area contributed by atoms with E-state index in [1.54, 1.807) is 0 Å². The second kappa shape index (κ2) is 5.01. The van der Waals surface area contributed by atoms with Crippen LogP contribution in [0.15, 0.2) is 30.5 Å². The Morgan fingerprint density at radius 1 is 1.47 bits per heavy atom. The van der Waals surface area contributed by atoms with Crippen molar-refractivity contribution in [2.75, 3.05) is 5.32 Å². The van der Waals surface area contributed by atoms with Crippen molar-refractivity contribution in [3.8, 4) is 0 Å². The quantitative estimate of drug-likeness (QED) is 0.755. The van der Waals surface area contributed by atoms with E-state index in [1.807, 2.05) is 37.4 Å². The lowest BCUT2D eigenvalue weighted by Gasteiger charge is -2.11. The molecule has 1 aromatic carbocycles. The summed E-state index contributed by atoms with van der Waals surface area (Å²) in [7, 11) is 0. The highest BCUT2D eigenvalue weighted by Gasteiger charge is 2.12. The van der Waals surface area contributed by atoms with Gasteiger partial charge in [0.1, 0.15) is 0 Å². The van der Waals surface area contributed by atoms with Gasteiger partial charge < -0.3 is 16.0 Å². The lowest BCUT2D eigenvalue weighted by atomic mass is 10.1. The fourth-order valence-corrected chi connectivity index (χ4v) is 1.81. The van der Waals surface area contributed by atoms with Gasteiger partial charge in [0.2, 0.25) is 5.91 Å². The van der Waals surface area contributed by atoms with Crippen LogP contribution >= 0.6 is 0 Å². The van der Waals surface area contributed by atoms with Crippen molar-refractivity contribution in [2.24, 2.45) is 5.73 Å². The van der Waals surface area contributed by atoms with Gasteiger partial charge in [-0.3, -0.25) is 4.79 Å². The Bertz CT molecular complexity index is 518. The van der Waals surface area contributed by atoms with Crippen LogP contribution in [0.1, 0.15) is 19.8 Å². The van der Waals surface area contributed by atoms with E-state index in [1.165, 1.54) is 0 Å². The van der Waals surface area contributed by atoms with Crippen LogP contribution < -0.4 is 11.1 Å². The molecule has 4 heteroatoms. The second-order valence-corrected chi connectivity index (χ2v) is 4.16. The predicted molar refractivity (Wildman–Crippen MR) is 69.8 cm³/mol. The first kappa shape index (κ1) is 11.7. The number of fused-ring (bicyclic) bond motifs is 1. The van der Waals surface area contributed by atoms with E-state index in [0.29, 0.717) is 6.42 Å². The average molecular weight is 231 g/mol. The Morgan fingerprint density at radius 2 is 2.29 bits per heavy atom. The van der Waals surface area contributed by atoms with Gasteiger partial charge in [-0.25, -0.2) is 0 Å². The summed E-state index contributed by atoms with van der Waals surface area (Å²) in [6, 6.07) is 7.28. The number of H-pyrrole nitrogens is 1. The number of aromatic amines is 1. The van der Waals surface area contributed by atoms with Crippen LogP contribution in [-0.4, -0.2) is 16.9 Å². The summed E-state index contributed by atoms with van der Waals surface area (Å²) < 4.78 is 0. The fourth-order valence-electron chi connectivity index (χ4n) is 1.81. The molecule has 0 spiro atoms. The molecule has 0 aliphatic rings. The molecule has 4 nitrogen and oxygen atoms in total. The number of benzene rings is 1. The van der Waals surface area contributed by atoms with Crippen molar-refractivity contribution in [3.63, 3.8) is 0 Å². The zero-order valence-corrected chi connectivity index (χ0v) is 9.86. The summed E-state index contributed by atoms with van der Waals surface area (Å²) in [5.74, 6) is -0.123. The van der Waals surface area contributed by atoms with E-state index in [0.717, 1.165) is 23.0 Å². The summed E-state index contributed by atoms with van der Waals surface area (Å²) >= 11 is 0. The number of hydrogen-bond donors (Lipinski definition) is 3. The van der Waals surface area contributed by atoms with E-state index in [-0.39, 0.29) is 5.91 Å². The van der Waals surface area contributed by atoms with Gasteiger partial charge in [-0.1, -0.05) is 13.3 Å². The summed E-state index contributed by atoms with van der Waals surface area (Å²) in [4.78, 5) is 14.8. The van der Waals surface area contributed by atoms with Crippen LogP contribution in [0.25, 0.3) is 10.9 Å². The first-order chi connectivity index (χ1) is 8.20. The maximum absolute atomic E-state index is 11.7. The van der Waals surface area contributed by atoms with Gasteiger partial charge in [-0.2, -0.15) is 0 Å². The van der Waals surface area contributed by atoms with Gasteiger partial charge in [0.15, 0.2) is 0 Å². The molecule has 17 heavy (non-hydrogen) atoms. The Labute approximate surface area is 100 Å². The summed E-state index contributed by atoms with van der Waals surface area (Å²) in [6.45, 7) is 2.01. The molecule has 2 aromatic rings. The van der Waals surface area contributed by atoms with Crippen LogP contribution in [0.5, 0.6) is 0 Å². The number of nitrogens with one attached hydrogen (secondary N) is 2. The molecule has 2 rings (SSSR count). The van der Waals surface area contributed by atoms with Crippen LogP contribution in [0.4, 0.5) is 5.69 Å². The van der Waals surface area contributed by atoms with Crippen molar-refractivity contribution in [2.45, 2.75) is 25.8 Å². The van der Waals surface area contributed by atoms with E-state index < -0.39 is 6.04 Å². The lowest BCUT2D eigenvalue weighted by molar-refractivity contribution is -0.117. The van der Waals surface area contributed by atoms with Crippen LogP contribution in [0.3, 0.4) is 0 Å². The molecule has 0 saturated heterocycles. The van der Waals surface area contributed by atoms with Gasteiger partial charge in [0, 0.05) is 22.8 Å². The summed E-state index contributed by atoms with van der Waals surface area (Å²) in [6.07, 6.45) is 3.49. The second-order valence-electron chi connectivity index (χ2n) is 4.16. The third-order valence-electron chi connectivity index (χ3n) is 2.76. The molecule has 0 saturated carbocycles. The third kappa shape index (κ3) is 2.65.